The number of hydrogen-bond acceptors (Lipinski definition) is 4. The second kappa shape index (κ2) is 6.24. The first-order valence-electron chi connectivity index (χ1n) is 7.77. The minimum Gasteiger partial charge on any atom is -0.418 e. The number of aryl methyl sites for hydroxylation is 3. The van der Waals surface area contributed by atoms with Crippen LogP contribution in [-0.2, 0) is 0 Å². The Balaban J connectivity index is 1.79. The highest BCUT2D eigenvalue weighted by atomic mass is 16.4. The third-order valence-electron chi connectivity index (χ3n) is 3.87. The summed E-state index contributed by atoms with van der Waals surface area (Å²) in [7, 11) is 0. The summed E-state index contributed by atoms with van der Waals surface area (Å²) < 4.78 is 5.83. The van der Waals surface area contributed by atoms with E-state index in [-0.39, 0.29) is 6.04 Å². The smallest absolute Gasteiger partial charge is 0.247 e. The van der Waals surface area contributed by atoms with Gasteiger partial charge in [-0.05, 0) is 57.0 Å². The molecular weight excluding hydrogens is 286 g/mol. The monoisotopic (exact) mass is 307 g/mol. The van der Waals surface area contributed by atoms with E-state index in [1.165, 1.54) is 16.7 Å². The second-order valence-corrected chi connectivity index (χ2v) is 6.00. The molecule has 0 fully saturated rings. The quantitative estimate of drug-likeness (QED) is 0.749. The average molecular weight is 307 g/mol. The zero-order valence-electron chi connectivity index (χ0n) is 13.9. The van der Waals surface area contributed by atoms with Crippen molar-refractivity contribution >= 4 is 5.69 Å². The third-order valence-corrected chi connectivity index (χ3v) is 3.87. The maximum absolute atomic E-state index is 5.83. The Hall–Kier alpha value is -2.62. The number of nitrogens with zero attached hydrogens (tertiary/aromatic N) is 2. The second-order valence-electron chi connectivity index (χ2n) is 6.00. The van der Waals surface area contributed by atoms with Crippen molar-refractivity contribution in [2.75, 3.05) is 5.32 Å². The fourth-order valence-corrected chi connectivity index (χ4v) is 2.41. The Labute approximate surface area is 136 Å². The molecule has 3 rings (SSSR count). The summed E-state index contributed by atoms with van der Waals surface area (Å²) in [5.41, 5.74) is 5.65. The van der Waals surface area contributed by atoms with Gasteiger partial charge in [0.15, 0.2) is 0 Å². The van der Waals surface area contributed by atoms with Crippen LogP contribution in [0.15, 0.2) is 46.9 Å². The summed E-state index contributed by atoms with van der Waals surface area (Å²) in [5.74, 6) is 1.14. The van der Waals surface area contributed by atoms with Gasteiger partial charge < -0.3 is 9.73 Å². The summed E-state index contributed by atoms with van der Waals surface area (Å²) in [5, 5.41) is 11.8. The predicted molar refractivity (Wildman–Crippen MR) is 92.4 cm³/mol. The molecular formula is C19H21N3O. The molecule has 1 atom stereocenters. The maximum atomic E-state index is 5.83. The van der Waals surface area contributed by atoms with Crippen LogP contribution in [0.4, 0.5) is 5.69 Å². The standard InChI is InChI=1S/C19H21N3O/c1-12-6-9-16(10-7-12)19-22-21-18(23-19)15(4)20-17-11-13(2)5-8-14(17)3/h5-11,15,20H,1-4H3. The number of anilines is 1. The molecule has 118 valence electrons. The van der Waals surface area contributed by atoms with Gasteiger partial charge in [0.05, 0.1) is 0 Å². The van der Waals surface area contributed by atoms with E-state index < -0.39 is 0 Å². The molecule has 0 aliphatic carbocycles. The van der Waals surface area contributed by atoms with Crippen LogP contribution in [0.2, 0.25) is 0 Å². The van der Waals surface area contributed by atoms with Crippen molar-refractivity contribution in [3.8, 4) is 11.5 Å². The van der Waals surface area contributed by atoms with E-state index in [1.54, 1.807) is 0 Å². The molecule has 0 amide bonds. The summed E-state index contributed by atoms with van der Waals surface area (Å²) >= 11 is 0. The van der Waals surface area contributed by atoms with Crippen molar-refractivity contribution in [3.63, 3.8) is 0 Å². The molecule has 1 N–H and O–H groups in total. The van der Waals surface area contributed by atoms with Gasteiger partial charge in [0.25, 0.3) is 0 Å². The molecule has 0 saturated carbocycles. The van der Waals surface area contributed by atoms with E-state index in [4.69, 9.17) is 4.42 Å². The fraction of sp³-hybridized carbons (Fsp3) is 0.263. The van der Waals surface area contributed by atoms with Gasteiger partial charge in [0.1, 0.15) is 6.04 Å². The lowest BCUT2D eigenvalue weighted by atomic mass is 10.1. The van der Waals surface area contributed by atoms with Crippen LogP contribution in [-0.4, -0.2) is 10.2 Å². The fourth-order valence-electron chi connectivity index (χ4n) is 2.41. The van der Waals surface area contributed by atoms with Crippen LogP contribution >= 0.6 is 0 Å². The van der Waals surface area contributed by atoms with E-state index in [1.807, 2.05) is 31.2 Å². The van der Waals surface area contributed by atoms with Crippen molar-refractivity contribution < 1.29 is 4.42 Å². The molecule has 0 aliphatic heterocycles. The molecule has 4 heteroatoms. The van der Waals surface area contributed by atoms with Gasteiger partial charge in [-0.2, -0.15) is 0 Å². The van der Waals surface area contributed by atoms with E-state index in [0.29, 0.717) is 11.8 Å². The van der Waals surface area contributed by atoms with Crippen molar-refractivity contribution in [3.05, 3.63) is 65.0 Å². The van der Waals surface area contributed by atoms with Gasteiger partial charge in [-0.1, -0.05) is 29.8 Å². The minimum absolute atomic E-state index is 0.0535. The highest BCUT2D eigenvalue weighted by Crippen LogP contribution is 2.25. The molecule has 0 aliphatic rings. The number of benzene rings is 2. The zero-order valence-corrected chi connectivity index (χ0v) is 13.9. The molecule has 1 unspecified atom stereocenters. The third kappa shape index (κ3) is 3.42. The summed E-state index contributed by atoms with van der Waals surface area (Å²) in [6, 6.07) is 14.4. The SMILES string of the molecule is Cc1ccc(-c2nnc(C(C)Nc3cc(C)ccc3C)o2)cc1. The molecule has 0 saturated heterocycles. The van der Waals surface area contributed by atoms with Crippen molar-refractivity contribution in [2.45, 2.75) is 33.7 Å². The normalized spacial score (nSPS) is 12.2. The predicted octanol–water partition coefficient (Wildman–Crippen LogP) is 4.83. The first-order chi connectivity index (χ1) is 11.0. The number of hydrogen-bond donors (Lipinski definition) is 1. The molecule has 2 aromatic carbocycles. The Kier molecular flexibility index (Phi) is 4.15. The van der Waals surface area contributed by atoms with Crippen LogP contribution in [0.3, 0.4) is 0 Å². The lowest BCUT2D eigenvalue weighted by Crippen LogP contribution is -2.08. The van der Waals surface area contributed by atoms with Gasteiger partial charge in [-0.25, -0.2) is 0 Å². The Morgan fingerprint density at radius 3 is 2.35 bits per heavy atom. The number of rotatable bonds is 4. The van der Waals surface area contributed by atoms with Gasteiger partial charge in [0.2, 0.25) is 11.8 Å². The van der Waals surface area contributed by atoms with Gasteiger partial charge in [0, 0.05) is 11.3 Å². The number of aromatic nitrogens is 2. The molecule has 0 radical (unpaired) electrons. The molecule has 3 aromatic rings. The van der Waals surface area contributed by atoms with E-state index in [9.17, 15) is 0 Å². The Morgan fingerprint density at radius 1 is 0.913 bits per heavy atom. The summed E-state index contributed by atoms with van der Waals surface area (Å²) in [6.45, 7) is 8.24. The van der Waals surface area contributed by atoms with Gasteiger partial charge >= 0.3 is 0 Å². The Bertz CT molecular complexity index is 806. The Morgan fingerprint density at radius 2 is 1.61 bits per heavy atom. The van der Waals surface area contributed by atoms with Crippen LogP contribution < -0.4 is 5.32 Å². The van der Waals surface area contributed by atoms with Crippen molar-refractivity contribution in [2.24, 2.45) is 0 Å². The highest BCUT2D eigenvalue weighted by Gasteiger charge is 2.15. The molecule has 1 heterocycles. The first kappa shape index (κ1) is 15.3. The average Bonchev–Trinajstić information content (AvgIpc) is 3.02. The minimum atomic E-state index is -0.0535. The summed E-state index contributed by atoms with van der Waals surface area (Å²) in [6.07, 6.45) is 0. The molecule has 0 spiro atoms. The molecule has 4 nitrogen and oxygen atoms in total. The van der Waals surface area contributed by atoms with Gasteiger partial charge in [-0.15, -0.1) is 10.2 Å². The molecule has 0 bridgehead atoms. The molecule has 1 aromatic heterocycles. The van der Waals surface area contributed by atoms with Gasteiger partial charge in [-0.3, -0.25) is 0 Å². The largest absolute Gasteiger partial charge is 0.418 e. The lowest BCUT2D eigenvalue weighted by Gasteiger charge is -2.14. The van der Waals surface area contributed by atoms with Crippen LogP contribution in [0, 0.1) is 20.8 Å². The van der Waals surface area contributed by atoms with E-state index in [0.717, 1.165) is 11.3 Å². The topological polar surface area (TPSA) is 51.0 Å². The van der Waals surface area contributed by atoms with Crippen LogP contribution in [0.25, 0.3) is 11.5 Å². The van der Waals surface area contributed by atoms with E-state index >= 15 is 0 Å². The van der Waals surface area contributed by atoms with Crippen LogP contribution in [0.5, 0.6) is 0 Å². The lowest BCUT2D eigenvalue weighted by molar-refractivity contribution is 0.485. The van der Waals surface area contributed by atoms with E-state index in [2.05, 4.69) is 54.5 Å². The van der Waals surface area contributed by atoms with Crippen LogP contribution in [0.1, 0.15) is 35.5 Å². The maximum Gasteiger partial charge on any atom is 0.247 e. The zero-order chi connectivity index (χ0) is 16.4. The summed E-state index contributed by atoms with van der Waals surface area (Å²) in [4.78, 5) is 0. The first-order valence-corrected chi connectivity index (χ1v) is 7.77. The van der Waals surface area contributed by atoms with Crippen molar-refractivity contribution in [1.29, 1.82) is 0 Å². The van der Waals surface area contributed by atoms with Crippen molar-refractivity contribution in [1.82, 2.24) is 10.2 Å². The highest BCUT2D eigenvalue weighted by molar-refractivity contribution is 5.54. The molecule has 23 heavy (non-hydrogen) atoms. The number of nitrogens with one attached hydrogen (secondary N) is 1.